The summed E-state index contributed by atoms with van der Waals surface area (Å²) in [7, 11) is 0. The van der Waals surface area contributed by atoms with E-state index in [1.54, 1.807) is 6.92 Å². The average Bonchev–Trinajstić information content (AvgIpc) is 2.74. The van der Waals surface area contributed by atoms with E-state index < -0.39 is 12.2 Å². The van der Waals surface area contributed by atoms with Gasteiger partial charge in [0.25, 0.3) is 0 Å². The van der Waals surface area contributed by atoms with Crippen LogP contribution in [-0.4, -0.2) is 23.3 Å². The van der Waals surface area contributed by atoms with Crippen LogP contribution in [0.4, 0.5) is 0 Å². The minimum absolute atomic E-state index is 0.344. The smallest absolute Gasteiger partial charge is 0.336 e. The predicted molar refractivity (Wildman–Crippen MR) is 90.7 cm³/mol. The van der Waals surface area contributed by atoms with Gasteiger partial charge in [-0.1, -0.05) is 77.2 Å². The first-order valence-electron chi connectivity index (χ1n) is 9.26. The molecule has 1 heterocycles. The highest BCUT2D eigenvalue weighted by Crippen LogP contribution is 2.22. The number of ether oxygens (including phenoxy) is 1. The van der Waals surface area contributed by atoms with Gasteiger partial charge in [-0.05, 0) is 19.8 Å². The summed E-state index contributed by atoms with van der Waals surface area (Å²) in [5.74, 6) is -0.344. The summed E-state index contributed by atoms with van der Waals surface area (Å²) in [6.45, 7) is 3.98. The third kappa shape index (κ3) is 7.44. The molecule has 0 spiro atoms. The minimum atomic E-state index is -0.736. The summed E-state index contributed by atoms with van der Waals surface area (Å²) in [4.78, 5) is 11.5. The van der Waals surface area contributed by atoms with Crippen molar-refractivity contribution in [1.82, 2.24) is 0 Å². The van der Waals surface area contributed by atoms with E-state index in [1.165, 1.54) is 64.2 Å². The number of rotatable bonds is 12. The third-order valence-electron chi connectivity index (χ3n) is 4.46. The summed E-state index contributed by atoms with van der Waals surface area (Å²) in [6, 6.07) is 0. The van der Waals surface area contributed by atoms with Crippen LogP contribution < -0.4 is 0 Å². The Labute approximate surface area is 136 Å². The molecule has 0 aromatic carbocycles. The van der Waals surface area contributed by atoms with Gasteiger partial charge < -0.3 is 9.84 Å². The van der Waals surface area contributed by atoms with Crippen molar-refractivity contribution in [2.75, 3.05) is 0 Å². The highest BCUT2D eigenvalue weighted by molar-refractivity contribution is 5.92. The van der Waals surface area contributed by atoms with Crippen molar-refractivity contribution in [2.24, 2.45) is 0 Å². The van der Waals surface area contributed by atoms with Gasteiger partial charge in [0.05, 0.1) is 5.57 Å². The second-order valence-electron chi connectivity index (χ2n) is 6.54. The van der Waals surface area contributed by atoms with Gasteiger partial charge in [-0.25, -0.2) is 4.79 Å². The molecule has 0 radical (unpaired) electrons. The maximum absolute atomic E-state index is 11.5. The molecule has 1 aliphatic heterocycles. The van der Waals surface area contributed by atoms with Gasteiger partial charge in [-0.2, -0.15) is 0 Å². The molecular formula is C19H34O3. The van der Waals surface area contributed by atoms with Crippen LogP contribution in [0.2, 0.25) is 0 Å². The molecule has 0 amide bonds. The summed E-state index contributed by atoms with van der Waals surface area (Å²) in [5.41, 5.74) is 0.458. The normalized spacial score (nSPS) is 23.2. The number of cyclic esters (lactones) is 1. The number of carbonyl (C=O) groups is 1. The van der Waals surface area contributed by atoms with E-state index in [0.717, 1.165) is 12.8 Å². The maximum Gasteiger partial charge on any atom is 0.336 e. The zero-order valence-corrected chi connectivity index (χ0v) is 14.5. The SMILES string of the molecule is CCCCCCCCCCCCC/C=C1/C(=O)O[C@@H](C)[C@H]1O. The van der Waals surface area contributed by atoms with Gasteiger partial charge in [-0.15, -0.1) is 0 Å². The lowest BCUT2D eigenvalue weighted by Gasteiger charge is -2.04. The second-order valence-corrected chi connectivity index (χ2v) is 6.54. The minimum Gasteiger partial charge on any atom is -0.456 e. The van der Waals surface area contributed by atoms with E-state index in [-0.39, 0.29) is 5.97 Å². The molecule has 0 unspecified atom stereocenters. The van der Waals surface area contributed by atoms with Crippen molar-refractivity contribution in [1.29, 1.82) is 0 Å². The van der Waals surface area contributed by atoms with Crippen LogP contribution in [0.3, 0.4) is 0 Å². The molecule has 0 saturated carbocycles. The van der Waals surface area contributed by atoms with E-state index in [2.05, 4.69) is 6.92 Å². The first-order valence-corrected chi connectivity index (χ1v) is 9.26. The first kappa shape index (κ1) is 19.2. The van der Waals surface area contributed by atoms with E-state index >= 15 is 0 Å². The lowest BCUT2D eigenvalue weighted by Crippen LogP contribution is -2.17. The number of unbranched alkanes of at least 4 members (excludes halogenated alkanes) is 11. The van der Waals surface area contributed by atoms with Crippen molar-refractivity contribution < 1.29 is 14.6 Å². The molecule has 1 fully saturated rings. The zero-order valence-electron chi connectivity index (χ0n) is 14.5. The summed E-state index contributed by atoms with van der Waals surface area (Å²) in [6.07, 6.45) is 16.1. The molecule has 2 atom stereocenters. The van der Waals surface area contributed by atoms with Crippen LogP contribution in [0.5, 0.6) is 0 Å². The quantitative estimate of drug-likeness (QED) is 0.316. The fraction of sp³-hybridized carbons (Fsp3) is 0.842. The highest BCUT2D eigenvalue weighted by atomic mass is 16.6. The summed E-state index contributed by atoms with van der Waals surface area (Å²) >= 11 is 0. The van der Waals surface area contributed by atoms with Crippen LogP contribution in [-0.2, 0) is 9.53 Å². The Bertz CT molecular complexity index is 336. The lowest BCUT2D eigenvalue weighted by molar-refractivity contribution is -0.138. The number of carbonyl (C=O) groups excluding carboxylic acids is 1. The molecule has 0 aromatic rings. The standard InChI is InChI=1S/C19H34O3/c1-3-4-5-6-7-8-9-10-11-12-13-14-15-17-18(20)16(2)22-19(17)21/h15-16,18,20H,3-14H2,1-2H3/b17-15+/t16-,18+/m0/s1. The molecule has 1 aliphatic rings. The number of hydrogen-bond acceptors (Lipinski definition) is 3. The molecule has 1 saturated heterocycles. The second kappa shape index (κ2) is 11.7. The summed E-state index contributed by atoms with van der Waals surface area (Å²) in [5, 5.41) is 9.79. The number of esters is 1. The van der Waals surface area contributed by atoms with Gasteiger partial charge in [0.1, 0.15) is 12.2 Å². The highest BCUT2D eigenvalue weighted by Gasteiger charge is 2.34. The maximum atomic E-state index is 11.5. The average molecular weight is 310 g/mol. The predicted octanol–water partition coefficient (Wildman–Crippen LogP) is 4.92. The molecule has 128 valence electrons. The van der Waals surface area contributed by atoms with E-state index in [0.29, 0.717) is 5.57 Å². The lowest BCUT2D eigenvalue weighted by atomic mass is 10.0. The van der Waals surface area contributed by atoms with Gasteiger partial charge in [-0.3, -0.25) is 0 Å². The van der Waals surface area contributed by atoms with Crippen molar-refractivity contribution in [3.63, 3.8) is 0 Å². The van der Waals surface area contributed by atoms with Crippen molar-refractivity contribution in [3.8, 4) is 0 Å². The number of aliphatic hydroxyl groups excluding tert-OH is 1. The Kier molecular flexibility index (Phi) is 10.2. The largest absolute Gasteiger partial charge is 0.456 e. The van der Waals surface area contributed by atoms with Crippen molar-refractivity contribution in [2.45, 2.75) is 103 Å². The van der Waals surface area contributed by atoms with E-state index in [4.69, 9.17) is 4.74 Å². The van der Waals surface area contributed by atoms with Crippen LogP contribution >= 0.6 is 0 Å². The van der Waals surface area contributed by atoms with Crippen molar-refractivity contribution >= 4 is 5.97 Å². The van der Waals surface area contributed by atoms with Crippen molar-refractivity contribution in [3.05, 3.63) is 11.6 Å². The molecule has 3 nitrogen and oxygen atoms in total. The summed E-state index contributed by atoms with van der Waals surface area (Å²) < 4.78 is 4.99. The van der Waals surface area contributed by atoms with Gasteiger partial charge in [0.2, 0.25) is 0 Å². The number of allylic oxidation sites excluding steroid dienone is 1. The first-order chi connectivity index (χ1) is 10.7. The van der Waals surface area contributed by atoms with Gasteiger partial charge in [0, 0.05) is 0 Å². The van der Waals surface area contributed by atoms with Crippen LogP contribution in [0.1, 0.15) is 90.9 Å². The fourth-order valence-corrected chi connectivity index (χ4v) is 2.95. The molecule has 22 heavy (non-hydrogen) atoms. The van der Waals surface area contributed by atoms with Gasteiger partial charge in [0.15, 0.2) is 0 Å². The molecule has 0 aliphatic carbocycles. The van der Waals surface area contributed by atoms with E-state index in [9.17, 15) is 9.90 Å². The number of hydrogen-bond donors (Lipinski definition) is 1. The molecule has 3 heteroatoms. The molecule has 1 N–H and O–H groups in total. The Morgan fingerprint density at radius 1 is 0.955 bits per heavy atom. The molecule has 0 bridgehead atoms. The van der Waals surface area contributed by atoms with Gasteiger partial charge >= 0.3 is 5.97 Å². The Morgan fingerprint density at radius 3 is 1.91 bits per heavy atom. The Morgan fingerprint density at radius 2 is 1.45 bits per heavy atom. The molecular weight excluding hydrogens is 276 g/mol. The molecule has 0 aromatic heterocycles. The van der Waals surface area contributed by atoms with Crippen LogP contribution in [0.25, 0.3) is 0 Å². The zero-order chi connectivity index (χ0) is 16.2. The van der Waals surface area contributed by atoms with Crippen LogP contribution in [0.15, 0.2) is 11.6 Å². The van der Waals surface area contributed by atoms with Crippen LogP contribution in [0, 0.1) is 0 Å². The monoisotopic (exact) mass is 310 g/mol. The third-order valence-corrected chi connectivity index (χ3v) is 4.46. The topological polar surface area (TPSA) is 46.5 Å². The fourth-order valence-electron chi connectivity index (χ4n) is 2.95. The molecule has 1 rings (SSSR count). The number of aliphatic hydroxyl groups is 1. The Balaban J connectivity index is 1.93. The van der Waals surface area contributed by atoms with E-state index in [1.807, 2.05) is 6.08 Å². The Hall–Kier alpha value is -0.830.